The zero-order chi connectivity index (χ0) is 17.1. The summed E-state index contributed by atoms with van der Waals surface area (Å²) in [5.41, 5.74) is -0.0502. The average Bonchev–Trinajstić information content (AvgIpc) is 3.06. The molecular formula is C16H17N3O5. The lowest BCUT2D eigenvalue weighted by atomic mass is 10.1. The average molecular weight is 331 g/mol. The van der Waals surface area contributed by atoms with Gasteiger partial charge in [-0.1, -0.05) is 0 Å². The third-order valence-corrected chi connectivity index (χ3v) is 4.06. The van der Waals surface area contributed by atoms with Crippen LogP contribution in [-0.2, 0) is 4.74 Å². The van der Waals surface area contributed by atoms with E-state index in [2.05, 4.69) is 10.3 Å². The number of carbonyl (C=O) groups excluding carboxylic acids is 1. The molecule has 1 atom stereocenters. The summed E-state index contributed by atoms with van der Waals surface area (Å²) in [6, 6.07) is 5.17. The van der Waals surface area contributed by atoms with Gasteiger partial charge < -0.3 is 15.0 Å². The minimum absolute atomic E-state index is 0.129. The number of nitrogens with one attached hydrogen (secondary N) is 2. The Hall–Kier alpha value is -2.74. The van der Waals surface area contributed by atoms with E-state index >= 15 is 0 Å². The van der Waals surface area contributed by atoms with E-state index in [-0.39, 0.29) is 17.4 Å². The molecule has 1 amide bonds. The summed E-state index contributed by atoms with van der Waals surface area (Å²) in [6.45, 7) is 1.17. The van der Waals surface area contributed by atoms with Crippen LogP contribution in [0.1, 0.15) is 29.6 Å². The molecule has 1 fully saturated rings. The van der Waals surface area contributed by atoms with Crippen LogP contribution in [0.5, 0.6) is 0 Å². The number of aromatic nitrogens is 1. The number of non-ortho nitro benzene ring substituents is 1. The Balaban J connectivity index is 1.83. The van der Waals surface area contributed by atoms with Crippen molar-refractivity contribution in [2.75, 3.05) is 13.2 Å². The van der Waals surface area contributed by atoms with Crippen molar-refractivity contribution in [3.05, 3.63) is 50.3 Å². The predicted molar refractivity (Wildman–Crippen MR) is 87.1 cm³/mol. The molecule has 126 valence electrons. The maximum Gasteiger partial charge on any atom is 0.270 e. The molecule has 1 aliphatic rings. The molecule has 3 rings (SSSR count). The summed E-state index contributed by atoms with van der Waals surface area (Å²) in [6.07, 6.45) is 2.87. The molecule has 2 aromatic rings. The van der Waals surface area contributed by atoms with Gasteiger partial charge in [-0.2, -0.15) is 0 Å². The molecule has 2 N–H and O–H groups in total. The first kappa shape index (κ1) is 16.1. The van der Waals surface area contributed by atoms with E-state index in [1.807, 2.05) is 0 Å². The lowest BCUT2D eigenvalue weighted by molar-refractivity contribution is -0.384. The van der Waals surface area contributed by atoms with Gasteiger partial charge in [-0.3, -0.25) is 19.7 Å². The fraction of sp³-hybridized carbons (Fsp3) is 0.375. The van der Waals surface area contributed by atoms with Gasteiger partial charge in [0.25, 0.3) is 11.6 Å². The molecule has 0 bridgehead atoms. The van der Waals surface area contributed by atoms with E-state index in [1.165, 1.54) is 18.2 Å². The first-order chi connectivity index (χ1) is 11.5. The van der Waals surface area contributed by atoms with E-state index < -0.39 is 16.4 Å². The second kappa shape index (κ2) is 6.79. The van der Waals surface area contributed by atoms with E-state index in [0.717, 1.165) is 25.5 Å². The second-order valence-corrected chi connectivity index (χ2v) is 5.71. The highest BCUT2D eigenvalue weighted by atomic mass is 16.6. The lowest BCUT2D eigenvalue weighted by Gasteiger charge is -2.11. The van der Waals surface area contributed by atoms with Crippen LogP contribution in [-0.4, -0.2) is 35.1 Å². The predicted octanol–water partition coefficient (Wildman–Crippen LogP) is 1.74. The van der Waals surface area contributed by atoms with Crippen molar-refractivity contribution in [3.63, 3.8) is 0 Å². The Labute approximate surface area is 137 Å². The molecule has 0 spiro atoms. The fourth-order valence-corrected chi connectivity index (χ4v) is 2.86. The molecule has 1 saturated heterocycles. The van der Waals surface area contributed by atoms with Crippen LogP contribution in [0.15, 0.2) is 29.1 Å². The van der Waals surface area contributed by atoms with Gasteiger partial charge in [0.15, 0.2) is 0 Å². The van der Waals surface area contributed by atoms with E-state index in [9.17, 15) is 19.7 Å². The van der Waals surface area contributed by atoms with Crippen molar-refractivity contribution in [3.8, 4) is 0 Å². The maximum atomic E-state index is 12.4. The van der Waals surface area contributed by atoms with Gasteiger partial charge in [-0.25, -0.2) is 0 Å². The molecule has 24 heavy (non-hydrogen) atoms. The Bertz CT molecular complexity index is 839. The molecule has 1 aliphatic heterocycles. The summed E-state index contributed by atoms with van der Waals surface area (Å²) in [4.78, 5) is 37.1. The number of ether oxygens (including phenoxy) is 1. The van der Waals surface area contributed by atoms with Gasteiger partial charge in [0, 0.05) is 42.3 Å². The minimum Gasteiger partial charge on any atom is -0.378 e. The number of rotatable bonds is 5. The summed E-state index contributed by atoms with van der Waals surface area (Å²) in [5, 5.41) is 14.0. The number of pyridine rings is 1. The quantitative estimate of drug-likeness (QED) is 0.640. The van der Waals surface area contributed by atoms with Crippen LogP contribution in [0.25, 0.3) is 10.9 Å². The second-order valence-electron chi connectivity index (χ2n) is 5.71. The zero-order valence-electron chi connectivity index (χ0n) is 12.9. The van der Waals surface area contributed by atoms with Crippen LogP contribution in [0, 0.1) is 10.1 Å². The van der Waals surface area contributed by atoms with Crippen molar-refractivity contribution < 1.29 is 14.5 Å². The summed E-state index contributed by atoms with van der Waals surface area (Å²) >= 11 is 0. The van der Waals surface area contributed by atoms with Crippen molar-refractivity contribution in [2.24, 2.45) is 0 Å². The van der Waals surface area contributed by atoms with Gasteiger partial charge in [0.2, 0.25) is 5.56 Å². The highest BCUT2D eigenvalue weighted by molar-refractivity contribution is 6.06. The first-order valence-corrected chi connectivity index (χ1v) is 7.76. The number of nitro groups is 1. The van der Waals surface area contributed by atoms with Crippen LogP contribution in [0.4, 0.5) is 5.69 Å². The number of hydrogen-bond donors (Lipinski definition) is 2. The molecular weight excluding hydrogens is 314 g/mol. The van der Waals surface area contributed by atoms with Crippen LogP contribution >= 0.6 is 0 Å². The number of H-pyrrole nitrogens is 1. The number of hydrogen-bond acceptors (Lipinski definition) is 5. The number of nitro benzene ring substituents is 1. The molecule has 2 heterocycles. The van der Waals surface area contributed by atoms with Crippen molar-refractivity contribution in [1.82, 2.24) is 10.3 Å². The van der Waals surface area contributed by atoms with Gasteiger partial charge >= 0.3 is 0 Å². The SMILES string of the molecule is O=C(NCC[C@@H]1CCCO1)c1cc(=O)[nH]c2ccc([N+](=O)[O-])cc12. The van der Waals surface area contributed by atoms with Crippen LogP contribution in [0.3, 0.4) is 0 Å². The number of fused-ring (bicyclic) bond motifs is 1. The Kier molecular flexibility index (Phi) is 4.57. The van der Waals surface area contributed by atoms with Gasteiger partial charge in [0.05, 0.1) is 16.6 Å². The zero-order valence-corrected chi connectivity index (χ0v) is 12.9. The van der Waals surface area contributed by atoms with E-state index in [1.54, 1.807) is 0 Å². The standard InChI is InChI=1S/C16H17N3O5/c20-15-9-13(16(21)17-6-5-11-2-1-7-24-11)12-8-10(19(22)23)3-4-14(12)18-15/h3-4,8-9,11H,1-2,5-7H2,(H,17,21)(H,18,20)/t11-/m0/s1. The lowest BCUT2D eigenvalue weighted by Crippen LogP contribution is -2.28. The molecule has 0 saturated carbocycles. The molecule has 8 heteroatoms. The van der Waals surface area contributed by atoms with Gasteiger partial charge in [-0.05, 0) is 25.3 Å². The third kappa shape index (κ3) is 3.43. The van der Waals surface area contributed by atoms with Gasteiger partial charge in [-0.15, -0.1) is 0 Å². The summed E-state index contributed by atoms with van der Waals surface area (Å²) < 4.78 is 5.49. The molecule has 0 unspecified atom stereocenters. The third-order valence-electron chi connectivity index (χ3n) is 4.06. The molecule has 8 nitrogen and oxygen atoms in total. The Morgan fingerprint density at radius 3 is 2.96 bits per heavy atom. The highest BCUT2D eigenvalue weighted by Crippen LogP contribution is 2.21. The van der Waals surface area contributed by atoms with Gasteiger partial charge in [0.1, 0.15) is 0 Å². The minimum atomic E-state index is -0.538. The van der Waals surface area contributed by atoms with E-state index in [4.69, 9.17) is 4.74 Å². The maximum absolute atomic E-state index is 12.4. The number of nitrogens with zero attached hydrogens (tertiary/aromatic N) is 1. The number of benzene rings is 1. The number of aromatic amines is 1. The highest BCUT2D eigenvalue weighted by Gasteiger charge is 2.17. The van der Waals surface area contributed by atoms with E-state index in [0.29, 0.717) is 23.9 Å². The number of amides is 1. The smallest absolute Gasteiger partial charge is 0.270 e. The van der Waals surface area contributed by atoms with Crippen molar-refractivity contribution >= 4 is 22.5 Å². The first-order valence-electron chi connectivity index (χ1n) is 7.76. The molecule has 1 aromatic heterocycles. The summed E-state index contributed by atoms with van der Waals surface area (Å²) in [7, 11) is 0. The molecule has 0 aliphatic carbocycles. The largest absolute Gasteiger partial charge is 0.378 e. The Morgan fingerprint density at radius 1 is 1.42 bits per heavy atom. The summed E-state index contributed by atoms with van der Waals surface area (Å²) in [5.74, 6) is -0.426. The number of carbonyl (C=O) groups is 1. The van der Waals surface area contributed by atoms with Crippen LogP contribution in [0.2, 0.25) is 0 Å². The Morgan fingerprint density at radius 2 is 2.25 bits per heavy atom. The van der Waals surface area contributed by atoms with Crippen molar-refractivity contribution in [1.29, 1.82) is 0 Å². The monoisotopic (exact) mass is 331 g/mol. The topological polar surface area (TPSA) is 114 Å². The normalized spacial score (nSPS) is 17.1. The molecule has 0 radical (unpaired) electrons. The van der Waals surface area contributed by atoms with Crippen LogP contribution < -0.4 is 10.9 Å². The fourth-order valence-electron chi connectivity index (χ4n) is 2.86. The van der Waals surface area contributed by atoms with Crippen molar-refractivity contribution in [2.45, 2.75) is 25.4 Å². The molecule has 1 aromatic carbocycles.